The van der Waals surface area contributed by atoms with Crippen LogP contribution in [-0.4, -0.2) is 20.2 Å². The van der Waals surface area contributed by atoms with Gasteiger partial charge in [-0.15, -0.1) is 6.58 Å². The van der Waals surface area contributed by atoms with Gasteiger partial charge in [-0.1, -0.05) is 18.2 Å². The zero-order chi connectivity index (χ0) is 11.6. The Kier molecular flexibility index (Phi) is 6.35. The highest BCUT2D eigenvalue weighted by molar-refractivity contribution is 5.27. The van der Waals surface area contributed by atoms with Gasteiger partial charge < -0.3 is 10.1 Å². The SMILES string of the molecule is C=CCCCNCCc1ccc(OC)cc1. The minimum absolute atomic E-state index is 0.919. The summed E-state index contributed by atoms with van der Waals surface area (Å²) < 4.78 is 5.11. The van der Waals surface area contributed by atoms with E-state index < -0.39 is 0 Å². The minimum Gasteiger partial charge on any atom is -0.497 e. The molecule has 0 saturated carbocycles. The molecule has 16 heavy (non-hydrogen) atoms. The first-order valence-electron chi connectivity index (χ1n) is 5.81. The molecule has 0 aliphatic carbocycles. The predicted molar refractivity (Wildman–Crippen MR) is 69.0 cm³/mol. The predicted octanol–water partition coefficient (Wildman–Crippen LogP) is 2.79. The molecule has 0 amide bonds. The summed E-state index contributed by atoms with van der Waals surface area (Å²) in [7, 11) is 1.69. The van der Waals surface area contributed by atoms with Gasteiger partial charge in [0.25, 0.3) is 0 Å². The monoisotopic (exact) mass is 219 g/mol. The lowest BCUT2D eigenvalue weighted by Gasteiger charge is -2.05. The number of allylic oxidation sites excluding steroid dienone is 1. The van der Waals surface area contributed by atoms with Crippen LogP contribution in [0.2, 0.25) is 0 Å². The molecule has 1 rings (SSSR count). The fourth-order valence-corrected chi connectivity index (χ4v) is 1.52. The van der Waals surface area contributed by atoms with Crippen molar-refractivity contribution in [1.82, 2.24) is 5.32 Å². The van der Waals surface area contributed by atoms with E-state index in [-0.39, 0.29) is 0 Å². The average molecular weight is 219 g/mol. The molecule has 0 bridgehead atoms. The van der Waals surface area contributed by atoms with E-state index in [1.165, 1.54) is 12.0 Å². The maximum atomic E-state index is 5.11. The summed E-state index contributed by atoms with van der Waals surface area (Å²) in [6.45, 7) is 5.81. The van der Waals surface area contributed by atoms with E-state index in [1.54, 1.807) is 7.11 Å². The van der Waals surface area contributed by atoms with Crippen molar-refractivity contribution in [1.29, 1.82) is 0 Å². The fraction of sp³-hybridized carbons (Fsp3) is 0.429. The van der Waals surface area contributed by atoms with Crippen molar-refractivity contribution in [2.75, 3.05) is 20.2 Å². The fourth-order valence-electron chi connectivity index (χ4n) is 1.52. The lowest BCUT2D eigenvalue weighted by Crippen LogP contribution is -2.18. The number of unbranched alkanes of at least 4 members (excludes halogenated alkanes) is 1. The van der Waals surface area contributed by atoms with Crippen LogP contribution in [0.15, 0.2) is 36.9 Å². The lowest BCUT2D eigenvalue weighted by molar-refractivity contribution is 0.414. The highest BCUT2D eigenvalue weighted by Crippen LogP contribution is 2.11. The van der Waals surface area contributed by atoms with E-state index >= 15 is 0 Å². The molecule has 1 aromatic rings. The normalized spacial score (nSPS) is 10.1. The Balaban J connectivity index is 2.14. The number of benzene rings is 1. The van der Waals surface area contributed by atoms with Crippen molar-refractivity contribution in [3.05, 3.63) is 42.5 Å². The second-order valence-electron chi connectivity index (χ2n) is 3.78. The van der Waals surface area contributed by atoms with Gasteiger partial charge in [0, 0.05) is 0 Å². The van der Waals surface area contributed by atoms with Crippen LogP contribution in [0.4, 0.5) is 0 Å². The van der Waals surface area contributed by atoms with Gasteiger partial charge in [0.1, 0.15) is 5.75 Å². The van der Waals surface area contributed by atoms with Crippen LogP contribution in [0, 0.1) is 0 Å². The third-order valence-electron chi connectivity index (χ3n) is 2.51. The molecule has 0 spiro atoms. The number of hydrogen-bond acceptors (Lipinski definition) is 2. The Labute approximate surface area is 98.3 Å². The van der Waals surface area contributed by atoms with Crippen LogP contribution in [0.3, 0.4) is 0 Å². The first-order valence-corrected chi connectivity index (χ1v) is 5.81. The molecule has 0 aliphatic heterocycles. The van der Waals surface area contributed by atoms with Crippen LogP contribution < -0.4 is 10.1 Å². The van der Waals surface area contributed by atoms with Gasteiger partial charge in [-0.05, 0) is 50.0 Å². The molecule has 1 aromatic carbocycles. The zero-order valence-corrected chi connectivity index (χ0v) is 10.0. The van der Waals surface area contributed by atoms with Crippen LogP contribution in [-0.2, 0) is 6.42 Å². The number of ether oxygens (including phenoxy) is 1. The molecule has 0 heterocycles. The number of rotatable bonds is 8. The Hall–Kier alpha value is -1.28. The summed E-state index contributed by atoms with van der Waals surface area (Å²) in [5.41, 5.74) is 1.34. The molecule has 1 N–H and O–H groups in total. The molecule has 2 nitrogen and oxygen atoms in total. The first-order chi connectivity index (χ1) is 7.86. The van der Waals surface area contributed by atoms with Crippen LogP contribution in [0.5, 0.6) is 5.75 Å². The smallest absolute Gasteiger partial charge is 0.118 e. The van der Waals surface area contributed by atoms with Gasteiger partial charge in [-0.25, -0.2) is 0 Å². The molecular weight excluding hydrogens is 198 g/mol. The van der Waals surface area contributed by atoms with E-state index in [4.69, 9.17) is 4.74 Å². The second kappa shape index (κ2) is 7.94. The van der Waals surface area contributed by atoms with Crippen molar-refractivity contribution < 1.29 is 4.74 Å². The van der Waals surface area contributed by atoms with Gasteiger partial charge in [0.2, 0.25) is 0 Å². The highest BCUT2D eigenvalue weighted by atomic mass is 16.5. The van der Waals surface area contributed by atoms with Gasteiger partial charge in [-0.3, -0.25) is 0 Å². The van der Waals surface area contributed by atoms with E-state index in [9.17, 15) is 0 Å². The van der Waals surface area contributed by atoms with Gasteiger partial charge >= 0.3 is 0 Å². The Bertz CT molecular complexity index is 292. The summed E-state index contributed by atoms with van der Waals surface area (Å²) in [5, 5.41) is 3.42. The molecule has 88 valence electrons. The number of methoxy groups -OCH3 is 1. The van der Waals surface area contributed by atoms with Crippen LogP contribution >= 0.6 is 0 Å². The molecule has 0 aromatic heterocycles. The van der Waals surface area contributed by atoms with Gasteiger partial charge in [0.15, 0.2) is 0 Å². The number of nitrogens with one attached hydrogen (secondary N) is 1. The third kappa shape index (κ3) is 4.99. The largest absolute Gasteiger partial charge is 0.497 e. The van der Waals surface area contributed by atoms with E-state index in [0.717, 1.165) is 31.7 Å². The third-order valence-corrected chi connectivity index (χ3v) is 2.51. The van der Waals surface area contributed by atoms with Gasteiger partial charge in [0.05, 0.1) is 7.11 Å². The minimum atomic E-state index is 0.919. The van der Waals surface area contributed by atoms with Crippen molar-refractivity contribution in [2.24, 2.45) is 0 Å². The molecule has 0 fully saturated rings. The van der Waals surface area contributed by atoms with E-state index in [0.29, 0.717) is 0 Å². The maximum absolute atomic E-state index is 5.11. The molecule has 0 radical (unpaired) electrons. The summed E-state index contributed by atoms with van der Waals surface area (Å²) >= 11 is 0. The van der Waals surface area contributed by atoms with Crippen molar-refractivity contribution >= 4 is 0 Å². The van der Waals surface area contributed by atoms with Crippen LogP contribution in [0.25, 0.3) is 0 Å². The Morgan fingerprint density at radius 3 is 2.62 bits per heavy atom. The van der Waals surface area contributed by atoms with E-state index in [2.05, 4.69) is 24.0 Å². The van der Waals surface area contributed by atoms with Crippen molar-refractivity contribution in [2.45, 2.75) is 19.3 Å². The standard InChI is InChI=1S/C14H21NO/c1-3-4-5-11-15-12-10-13-6-8-14(16-2)9-7-13/h3,6-9,15H,1,4-5,10-12H2,2H3. The summed E-state index contributed by atoms with van der Waals surface area (Å²) in [6, 6.07) is 8.24. The summed E-state index contributed by atoms with van der Waals surface area (Å²) in [4.78, 5) is 0. The molecule has 0 saturated heterocycles. The molecule has 0 unspecified atom stereocenters. The first kappa shape index (κ1) is 12.8. The lowest BCUT2D eigenvalue weighted by atomic mass is 10.1. The molecule has 2 heteroatoms. The van der Waals surface area contributed by atoms with Crippen LogP contribution in [0.1, 0.15) is 18.4 Å². The maximum Gasteiger partial charge on any atom is 0.118 e. The highest BCUT2D eigenvalue weighted by Gasteiger charge is 1.94. The molecule has 0 aliphatic rings. The molecular formula is C14H21NO. The Morgan fingerprint density at radius 2 is 2.00 bits per heavy atom. The summed E-state index contributed by atoms with van der Waals surface area (Å²) in [5.74, 6) is 0.919. The van der Waals surface area contributed by atoms with Crippen molar-refractivity contribution in [3.63, 3.8) is 0 Å². The number of hydrogen-bond donors (Lipinski definition) is 1. The van der Waals surface area contributed by atoms with E-state index in [1.807, 2.05) is 18.2 Å². The van der Waals surface area contributed by atoms with Crippen molar-refractivity contribution in [3.8, 4) is 5.75 Å². The Morgan fingerprint density at radius 1 is 1.25 bits per heavy atom. The molecule has 0 atom stereocenters. The average Bonchev–Trinajstić information content (AvgIpc) is 2.34. The second-order valence-corrected chi connectivity index (χ2v) is 3.78. The summed E-state index contributed by atoms with van der Waals surface area (Å²) in [6.07, 6.45) is 5.30. The zero-order valence-electron chi connectivity index (χ0n) is 10.0. The van der Waals surface area contributed by atoms with Gasteiger partial charge in [-0.2, -0.15) is 0 Å². The topological polar surface area (TPSA) is 21.3 Å². The quantitative estimate of drug-likeness (QED) is 0.536.